The third-order valence-corrected chi connectivity index (χ3v) is 6.00. The van der Waals surface area contributed by atoms with Crippen LogP contribution in [0.1, 0.15) is 21.5 Å². The molecule has 0 radical (unpaired) electrons. The molecule has 5 heteroatoms. The van der Waals surface area contributed by atoms with Gasteiger partial charge >= 0.3 is 0 Å². The molecule has 0 spiro atoms. The summed E-state index contributed by atoms with van der Waals surface area (Å²) in [5.41, 5.74) is 4.52. The van der Waals surface area contributed by atoms with Gasteiger partial charge in [-0.15, -0.1) is 0 Å². The molecule has 4 aromatic rings. The summed E-state index contributed by atoms with van der Waals surface area (Å²) in [5.74, 6) is 0. The average Bonchev–Trinajstić information content (AvgIpc) is 3.46. The van der Waals surface area contributed by atoms with Gasteiger partial charge in [0.15, 0.2) is 6.29 Å². The Kier molecular flexibility index (Phi) is 5.27. The van der Waals surface area contributed by atoms with E-state index in [9.17, 15) is 4.79 Å². The number of hydrogen-bond acceptors (Lipinski definition) is 4. The number of nitriles is 1. The van der Waals surface area contributed by atoms with Gasteiger partial charge in [0.25, 0.3) is 0 Å². The zero-order valence-electron chi connectivity index (χ0n) is 17.6. The van der Waals surface area contributed by atoms with E-state index in [1.54, 1.807) is 0 Å². The molecule has 0 aliphatic carbocycles. The van der Waals surface area contributed by atoms with E-state index in [2.05, 4.69) is 51.0 Å². The van der Waals surface area contributed by atoms with Crippen LogP contribution in [0, 0.1) is 11.3 Å². The van der Waals surface area contributed by atoms with E-state index in [1.165, 1.54) is 0 Å². The van der Waals surface area contributed by atoms with Crippen LogP contribution < -0.4 is 0 Å². The van der Waals surface area contributed by atoms with Crippen molar-refractivity contribution in [3.8, 4) is 17.2 Å². The Morgan fingerprint density at radius 2 is 1.81 bits per heavy atom. The molecule has 1 aromatic heterocycles. The number of fused-ring (bicyclic) bond motifs is 1. The molecule has 0 saturated heterocycles. The highest BCUT2D eigenvalue weighted by Crippen LogP contribution is 2.31. The first kappa shape index (κ1) is 19.8. The van der Waals surface area contributed by atoms with Crippen molar-refractivity contribution in [1.82, 2.24) is 9.47 Å². The van der Waals surface area contributed by atoms with E-state index < -0.39 is 0 Å². The van der Waals surface area contributed by atoms with Crippen LogP contribution in [0.3, 0.4) is 0 Å². The molecule has 2 heterocycles. The maximum Gasteiger partial charge on any atom is 0.152 e. The summed E-state index contributed by atoms with van der Waals surface area (Å²) in [6.45, 7) is 2.19. The van der Waals surface area contributed by atoms with Gasteiger partial charge in [0, 0.05) is 36.6 Å². The second kappa shape index (κ2) is 8.52. The minimum absolute atomic E-state index is 0.206. The van der Waals surface area contributed by atoms with Gasteiger partial charge in [-0.25, -0.2) is 0 Å². The van der Waals surface area contributed by atoms with Gasteiger partial charge in [0.1, 0.15) is 0 Å². The molecule has 0 fully saturated rings. The van der Waals surface area contributed by atoms with E-state index in [4.69, 9.17) is 5.26 Å². The maximum atomic E-state index is 11.9. The van der Waals surface area contributed by atoms with E-state index in [-0.39, 0.29) is 6.04 Å². The van der Waals surface area contributed by atoms with Crippen molar-refractivity contribution in [2.75, 3.05) is 6.54 Å². The molecule has 1 aliphatic rings. The Morgan fingerprint density at radius 3 is 2.62 bits per heavy atom. The molecule has 0 saturated carbocycles. The van der Waals surface area contributed by atoms with Crippen molar-refractivity contribution < 1.29 is 4.79 Å². The van der Waals surface area contributed by atoms with Gasteiger partial charge in [-0.05, 0) is 34.0 Å². The molecule has 0 N–H and O–H groups in total. The van der Waals surface area contributed by atoms with E-state index in [0.717, 1.165) is 46.8 Å². The molecule has 0 bridgehead atoms. The highest BCUT2D eigenvalue weighted by molar-refractivity contribution is 6.00. The fraction of sp³-hybridized carbons (Fsp3) is 0.148. The Bertz CT molecular complexity index is 1340. The Morgan fingerprint density at radius 1 is 1.00 bits per heavy atom. The molecule has 0 amide bonds. The number of aromatic nitrogens is 1. The number of rotatable bonds is 6. The lowest BCUT2D eigenvalue weighted by Gasteiger charge is -2.24. The Hall–Kier alpha value is -4.17. The SMILES string of the molecule is N#Cc1ccc(CN2C=NCC2Cn2cc(C=O)c(-c3cccc4ccccc34)c2)cc1. The number of nitrogens with zero attached hydrogens (tertiary/aromatic N) is 4. The van der Waals surface area contributed by atoms with Crippen LogP contribution in [0.2, 0.25) is 0 Å². The summed E-state index contributed by atoms with van der Waals surface area (Å²) in [4.78, 5) is 18.6. The van der Waals surface area contributed by atoms with Crippen LogP contribution in [0.15, 0.2) is 84.1 Å². The first-order chi connectivity index (χ1) is 15.7. The van der Waals surface area contributed by atoms with Crippen LogP contribution in [-0.4, -0.2) is 34.7 Å². The van der Waals surface area contributed by atoms with Crippen molar-refractivity contribution in [1.29, 1.82) is 5.26 Å². The molecule has 156 valence electrons. The van der Waals surface area contributed by atoms with Gasteiger partial charge in [0.2, 0.25) is 0 Å². The summed E-state index contributed by atoms with van der Waals surface area (Å²) < 4.78 is 2.10. The first-order valence-corrected chi connectivity index (χ1v) is 10.6. The minimum Gasteiger partial charge on any atom is -0.352 e. The number of aldehydes is 1. The minimum atomic E-state index is 0.206. The van der Waals surface area contributed by atoms with Crippen LogP contribution >= 0.6 is 0 Å². The van der Waals surface area contributed by atoms with E-state index in [0.29, 0.717) is 17.7 Å². The Labute approximate surface area is 186 Å². The second-order valence-electron chi connectivity index (χ2n) is 8.08. The van der Waals surface area contributed by atoms with Crippen LogP contribution in [0.4, 0.5) is 0 Å². The van der Waals surface area contributed by atoms with Gasteiger partial charge < -0.3 is 9.47 Å². The van der Waals surface area contributed by atoms with Crippen molar-refractivity contribution >= 4 is 23.4 Å². The average molecular weight is 419 g/mol. The van der Waals surface area contributed by atoms with Crippen LogP contribution in [0.25, 0.3) is 21.9 Å². The lowest BCUT2D eigenvalue weighted by molar-refractivity contribution is 0.112. The topological polar surface area (TPSA) is 61.4 Å². The Balaban J connectivity index is 1.39. The zero-order chi connectivity index (χ0) is 21.9. The second-order valence-corrected chi connectivity index (χ2v) is 8.08. The number of hydrogen-bond donors (Lipinski definition) is 0. The van der Waals surface area contributed by atoms with Gasteiger partial charge in [-0.2, -0.15) is 5.26 Å². The zero-order valence-corrected chi connectivity index (χ0v) is 17.6. The van der Waals surface area contributed by atoms with E-state index >= 15 is 0 Å². The normalized spacial score (nSPS) is 15.2. The lowest BCUT2D eigenvalue weighted by Crippen LogP contribution is -2.34. The summed E-state index contributed by atoms with van der Waals surface area (Å²) in [5, 5.41) is 11.3. The summed E-state index contributed by atoms with van der Waals surface area (Å²) >= 11 is 0. The monoisotopic (exact) mass is 418 g/mol. The summed E-state index contributed by atoms with van der Waals surface area (Å²) in [6.07, 6.45) is 6.85. The fourth-order valence-electron chi connectivity index (χ4n) is 4.35. The van der Waals surface area contributed by atoms with Crippen molar-refractivity contribution in [3.63, 3.8) is 0 Å². The molecule has 1 aliphatic heterocycles. The predicted molar refractivity (Wildman–Crippen MR) is 127 cm³/mol. The molecule has 5 rings (SSSR count). The third kappa shape index (κ3) is 3.79. The largest absolute Gasteiger partial charge is 0.352 e. The maximum absolute atomic E-state index is 11.9. The highest BCUT2D eigenvalue weighted by Gasteiger charge is 2.22. The molecular formula is C27H22N4O. The molecule has 1 atom stereocenters. The molecular weight excluding hydrogens is 396 g/mol. The quantitative estimate of drug-likeness (QED) is 0.418. The van der Waals surface area contributed by atoms with Crippen LogP contribution in [-0.2, 0) is 13.1 Å². The third-order valence-electron chi connectivity index (χ3n) is 6.00. The fourth-order valence-corrected chi connectivity index (χ4v) is 4.35. The van der Waals surface area contributed by atoms with Crippen molar-refractivity contribution in [3.05, 3.63) is 95.8 Å². The molecule has 3 aromatic carbocycles. The van der Waals surface area contributed by atoms with Crippen molar-refractivity contribution in [2.24, 2.45) is 4.99 Å². The predicted octanol–water partition coefficient (Wildman–Crippen LogP) is 4.91. The van der Waals surface area contributed by atoms with Crippen molar-refractivity contribution in [2.45, 2.75) is 19.1 Å². The van der Waals surface area contributed by atoms with Gasteiger partial charge in [0.05, 0.1) is 30.6 Å². The smallest absolute Gasteiger partial charge is 0.152 e. The number of carbonyl (C=O) groups excluding carboxylic acids is 1. The summed E-state index contributed by atoms with van der Waals surface area (Å²) in [7, 11) is 0. The van der Waals surface area contributed by atoms with Crippen LogP contribution in [0.5, 0.6) is 0 Å². The van der Waals surface area contributed by atoms with E-state index in [1.807, 2.05) is 55.0 Å². The number of aliphatic imine (C=N–C) groups is 1. The molecule has 5 nitrogen and oxygen atoms in total. The molecule has 32 heavy (non-hydrogen) atoms. The standard InChI is InChI=1S/C27H22N4O/c28-12-20-8-10-21(11-9-20)14-31-19-29-13-24(31)16-30-15-23(18-32)27(17-30)26-7-3-5-22-4-1-2-6-25(22)26/h1-11,15,17-19,24H,13-14,16H2. The van der Waals surface area contributed by atoms with Gasteiger partial charge in [-0.1, -0.05) is 54.6 Å². The van der Waals surface area contributed by atoms with Gasteiger partial charge in [-0.3, -0.25) is 9.79 Å². The highest BCUT2D eigenvalue weighted by atomic mass is 16.1. The first-order valence-electron chi connectivity index (χ1n) is 10.6. The molecule has 1 unspecified atom stereocenters. The lowest BCUT2D eigenvalue weighted by atomic mass is 9.98. The summed E-state index contributed by atoms with van der Waals surface area (Å²) in [6, 6.07) is 24.5. The number of carbonyl (C=O) groups is 1. The number of benzene rings is 3.